The molecule has 1 amide bonds. The molecule has 2 aromatic heterocycles. The smallest absolute Gasteiger partial charge is 0.255 e. The van der Waals surface area contributed by atoms with E-state index in [0.29, 0.717) is 16.7 Å². The average molecular weight is 298 g/mol. The zero-order valence-electron chi connectivity index (χ0n) is 11.8. The second kappa shape index (κ2) is 6.13. The van der Waals surface area contributed by atoms with Gasteiger partial charge in [-0.05, 0) is 13.0 Å². The Morgan fingerprint density at radius 2 is 2.24 bits per heavy atom. The monoisotopic (exact) mass is 298 g/mol. The first-order chi connectivity index (χ1) is 9.93. The molecule has 0 bridgehead atoms. The summed E-state index contributed by atoms with van der Waals surface area (Å²) >= 11 is 0. The molecule has 0 aliphatic rings. The lowest BCUT2D eigenvalue weighted by Gasteiger charge is -2.21. The van der Waals surface area contributed by atoms with Crippen molar-refractivity contribution in [3.63, 3.8) is 0 Å². The normalized spacial score (nSPS) is 11.3. The maximum atomic E-state index is 12.5. The fourth-order valence-electron chi connectivity index (χ4n) is 2.17. The van der Waals surface area contributed by atoms with Crippen LogP contribution in [0.1, 0.15) is 16.1 Å². The number of aliphatic hydroxyl groups is 1. The van der Waals surface area contributed by atoms with E-state index in [1.807, 2.05) is 0 Å². The van der Waals surface area contributed by atoms with Crippen LogP contribution in [-0.2, 0) is 7.05 Å². The molecule has 0 fully saturated rings. The molecule has 6 nitrogen and oxygen atoms in total. The predicted molar refractivity (Wildman–Crippen MR) is 72.2 cm³/mol. The number of pyridine rings is 1. The molecule has 0 saturated carbocycles. The molecule has 0 saturated heterocycles. The van der Waals surface area contributed by atoms with Crippen molar-refractivity contribution in [1.82, 2.24) is 19.7 Å². The van der Waals surface area contributed by atoms with Gasteiger partial charge in [0.1, 0.15) is 0 Å². The Morgan fingerprint density at radius 3 is 2.86 bits per heavy atom. The zero-order chi connectivity index (χ0) is 15.6. The van der Waals surface area contributed by atoms with E-state index in [0.717, 1.165) is 4.90 Å². The van der Waals surface area contributed by atoms with E-state index in [1.54, 1.807) is 24.7 Å². The number of carbonyl (C=O) groups is 1. The number of amides is 1. The van der Waals surface area contributed by atoms with E-state index in [9.17, 15) is 13.6 Å². The lowest BCUT2D eigenvalue weighted by molar-refractivity contribution is 0.0509. The Bertz CT molecular complexity index is 657. The molecule has 114 valence electrons. The highest BCUT2D eigenvalue weighted by molar-refractivity contribution is 5.97. The van der Waals surface area contributed by atoms with Crippen LogP contribution in [0, 0.1) is 6.92 Å². The van der Waals surface area contributed by atoms with Gasteiger partial charge in [0.15, 0.2) is 5.65 Å². The van der Waals surface area contributed by atoms with Crippen molar-refractivity contribution in [2.24, 2.45) is 7.05 Å². The molecule has 1 N–H and O–H groups in total. The summed E-state index contributed by atoms with van der Waals surface area (Å²) in [6.45, 7) is 0.541. The molecule has 0 atom stereocenters. The van der Waals surface area contributed by atoms with Gasteiger partial charge in [0.25, 0.3) is 12.3 Å². The highest BCUT2D eigenvalue weighted by atomic mass is 19.3. The number of halogens is 2. The summed E-state index contributed by atoms with van der Waals surface area (Å²) in [6, 6.07) is 1.59. The van der Waals surface area contributed by atoms with Crippen LogP contribution in [0.3, 0.4) is 0 Å². The summed E-state index contributed by atoms with van der Waals surface area (Å²) in [5, 5.41) is 13.8. The Morgan fingerprint density at radius 1 is 1.52 bits per heavy atom. The molecule has 21 heavy (non-hydrogen) atoms. The number of hydrogen-bond donors (Lipinski definition) is 1. The van der Waals surface area contributed by atoms with Crippen molar-refractivity contribution in [3.05, 3.63) is 23.5 Å². The maximum Gasteiger partial charge on any atom is 0.255 e. The number of fused-ring (bicyclic) bond motifs is 1. The number of aryl methyl sites for hydroxylation is 2. The van der Waals surface area contributed by atoms with E-state index in [1.165, 1.54) is 6.20 Å². The number of hydrogen-bond acceptors (Lipinski definition) is 4. The minimum absolute atomic E-state index is 0.146. The second-order valence-corrected chi connectivity index (χ2v) is 4.67. The van der Waals surface area contributed by atoms with E-state index in [2.05, 4.69) is 10.1 Å². The van der Waals surface area contributed by atoms with E-state index >= 15 is 0 Å². The molecule has 0 radical (unpaired) electrons. The summed E-state index contributed by atoms with van der Waals surface area (Å²) < 4.78 is 26.6. The molecule has 0 aliphatic heterocycles. The van der Waals surface area contributed by atoms with Crippen molar-refractivity contribution < 1.29 is 18.7 Å². The molecular formula is C13H16F2N4O2. The number of aliphatic hydroxyl groups excluding tert-OH is 1. The molecule has 0 aromatic carbocycles. The highest BCUT2D eigenvalue weighted by Gasteiger charge is 2.20. The summed E-state index contributed by atoms with van der Waals surface area (Å²) in [6.07, 6.45) is -1.32. The number of alkyl halides is 2. The predicted octanol–water partition coefficient (Wildman–Crippen LogP) is 0.976. The van der Waals surface area contributed by atoms with Gasteiger partial charge in [-0.2, -0.15) is 5.10 Å². The Hall–Kier alpha value is -2.09. The van der Waals surface area contributed by atoms with Crippen LogP contribution in [0.4, 0.5) is 8.78 Å². The van der Waals surface area contributed by atoms with Gasteiger partial charge in [-0.1, -0.05) is 0 Å². The molecule has 2 aromatic rings. The zero-order valence-corrected chi connectivity index (χ0v) is 11.8. The van der Waals surface area contributed by atoms with Crippen molar-refractivity contribution in [2.75, 3.05) is 19.7 Å². The van der Waals surface area contributed by atoms with E-state index in [4.69, 9.17) is 5.11 Å². The van der Waals surface area contributed by atoms with Crippen LogP contribution in [-0.4, -0.2) is 56.8 Å². The molecule has 0 spiro atoms. The molecule has 2 heterocycles. The quantitative estimate of drug-likeness (QED) is 0.893. The number of nitrogens with zero attached hydrogens (tertiary/aromatic N) is 4. The minimum atomic E-state index is -2.66. The summed E-state index contributed by atoms with van der Waals surface area (Å²) in [7, 11) is 1.73. The first kappa shape index (κ1) is 15.3. The summed E-state index contributed by atoms with van der Waals surface area (Å²) in [4.78, 5) is 17.3. The van der Waals surface area contributed by atoms with Gasteiger partial charge in [-0.15, -0.1) is 0 Å². The van der Waals surface area contributed by atoms with Gasteiger partial charge in [0.2, 0.25) is 0 Å². The summed E-state index contributed by atoms with van der Waals surface area (Å²) in [5.41, 5.74) is 1.52. The Balaban J connectivity index is 2.35. The third kappa shape index (κ3) is 3.15. The lowest BCUT2D eigenvalue weighted by Crippen LogP contribution is -2.37. The lowest BCUT2D eigenvalue weighted by atomic mass is 10.2. The fraction of sp³-hybridized carbons (Fsp3) is 0.462. The number of aromatic nitrogens is 3. The van der Waals surface area contributed by atoms with Crippen molar-refractivity contribution in [1.29, 1.82) is 0 Å². The third-order valence-electron chi connectivity index (χ3n) is 3.13. The van der Waals surface area contributed by atoms with Gasteiger partial charge in [-0.3, -0.25) is 9.48 Å². The van der Waals surface area contributed by atoms with Gasteiger partial charge >= 0.3 is 0 Å². The van der Waals surface area contributed by atoms with Crippen LogP contribution in [0.2, 0.25) is 0 Å². The SMILES string of the molecule is Cc1nn(C)c2ncc(C(=O)N(CCO)CC(F)F)cc12. The Kier molecular flexibility index (Phi) is 4.46. The first-order valence-electron chi connectivity index (χ1n) is 6.41. The third-order valence-corrected chi connectivity index (χ3v) is 3.13. The minimum Gasteiger partial charge on any atom is -0.395 e. The largest absolute Gasteiger partial charge is 0.395 e. The number of carbonyl (C=O) groups excluding carboxylic acids is 1. The molecule has 0 unspecified atom stereocenters. The van der Waals surface area contributed by atoms with Crippen molar-refractivity contribution in [3.8, 4) is 0 Å². The molecule has 0 aliphatic carbocycles. The second-order valence-electron chi connectivity index (χ2n) is 4.67. The molecule has 2 rings (SSSR count). The number of rotatable bonds is 5. The van der Waals surface area contributed by atoms with Gasteiger partial charge in [0.05, 0.1) is 24.4 Å². The maximum absolute atomic E-state index is 12.5. The van der Waals surface area contributed by atoms with Gasteiger partial charge < -0.3 is 10.0 Å². The molecule has 8 heteroatoms. The van der Waals surface area contributed by atoms with Gasteiger partial charge in [-0.25, -0.2) is 13.8 Å². The fourth-order valence-corrected chi connectivity index (χ4v) is 2.17. The average Bonchev–Trinajstić information content (AvgIpc) is 2.72. The van der Waals surface area contributed by atoms with Crippen molar-refractivity contribution >= 4 is 16.9 Å². The highest BCUT2D eigenvalue weighted by Crippen LogP contribution is 2.17. The van der Waals surface area contributed by atoms with Crippen LogP contribution in [0.25, 0.3) is 11.0 Å². The standard InChI is InChI=1S/C13H16F2N4O2/c1-8-10-5-9(6-16-12(10)18(2)17-8)13(21)19(3-4-20)7-11(14)15/h5-6,11,20H,3-4,7H2,1-2H3. The first-order valence-corrected chi connectivity index (χ1v) is 6.41. The van der Waals surface area contributed by atoms with E-state index in [-0.39, 0.29) is 18.7 Å². The Labute approximate surface area is 120 Å². The van der Waals surface area contributed by atoms with E-state index < -0.39 is 18.9 Å². The topological polar surface area (TPSA) is 71.2 Å². The molecular weight excluding hydrogens is 282 g/mol. The van der Waals surface area contributed by atoms with Crippen molar-refractivity contribution in [2.45, 2.75) is 13.3 Å². The van der Waals surface area contributed by atoms with Gasteiger partial charge in [0, 0.05) is 25.2 Å². The van der Waals surface area contributed by atoms with Crippen LogP contribution < -0.4 is 0 Å². The van der Waals surface area contributed by atoms with Crippen LogP contribution in [0.15, 0.2) is 12.3 Å². The van der Waals surface area contributed by atoms with Crippen LogP contribution in [0.5, 0.6) is 0 Å². The van der Waals surface area contributed by atoms with Crippen LogP contribution >= 0.6 is 0 Å². The summed E-state index contributed by atoms with van der Waals surface area (Å²) in [5.74, 6) is -0.581.